The highest BCUT2D eigenvalue weighted by Crippen LogP contribution is 2.39. The lowest BCUT2D eigenvalue weighted by atomic mass is 9.89. The predicted octanol–water partition coefficient (Wildman–Crippen LogP) is 5.00. The summed E-state index contributed by atoms with van der Waals surface area (Å²) in [4.78, 5) is 23.7. The van der Waals surface area contributed by atoms with Crippen LogP contribution in [0.5, 0.6) is 0 Å². The minimum Gasteiger partial charge on any atom is -0.307 e. The maximum Gasteiger partial charge on any atom is 0.262 e. The molecule has 1 aliphatic carbocycles. The Labute approximate surface area is 181 Å². The summed E-state index contributed by atoms with van der Waals surface area (Å²) in [5, 5.41) is 4.46. The molecule has 32 heavy (non-hydrogen) atoms. The quantitative estimate of drug-likeness (QED) is 0.619. The number of nitrogens with one attached hydrogen (secondary N) is 1. The molecule has 0 bridgehead atoms. The van der Waals surface area contributed by atoms with Crippen molar-refractivity contribution in [1.29, 1.82) is 0 Å². The van der Waals surface area contributed by atoms with Crippen molar-refractivity contribution in [2.24, 2.45) is 4.99 Å². The Morgan fingerprint density at radius 2 is 1.97 bits per heavy atom. The summed E-state index contributed by atoms with van der Waals surface area (Å²) < 4.78 is 44.4. The topological polar surface area (TPSA) is 75.9 Å². The predicted molar refractivity (Wildman–Crippen MR) is 115 cm³/mol. The molecule has 6 nitrogen and oxygen atoms in total. The van der Waals surface area contributed by atoms with Gasteiger partial charge in [-0.15, -0.1) is 0 Å². The van der Waals surface area contributed by atoms with Gasteiger partial charge in [0.25, 0.3) is 5.56 Å². The number of aliphatic imine (C=N–C) groups is 1. The minimum atomic E-state index is -2.68. The van der Waals surface area contributed by atoms with Crippen LogP contribution in [0.2, 0.25) is 0 Å². The van der Waals surface area contributed by atoms with Gasteiger partial charge in [0.2, 0.25) is 5.92 Å². The zero-order valence-electron chi connectivity index (χ0n) is 17.2. The first-order valence-corrected chi connectivity index (χ1v) is 10.7. The van der Waals surface area contributed by atoms with Crippen molar-refractivity contribution in [3.8, 4) is 0 Å². The fourth-order valence-electron chi connectivity index (χ4n) is 4.53. The van der Waals surface area contributed by atoms with Gasteiger partial charge in [0.05, 0.1) is 12.2 Å². The van der Waals surface area contributed by atoms with Gasteiger partial charge in [-0.1, -0.05) is 30.3 Å². The molecule has 2 unspecified atom stereocenters. The number of hydrogen-bond acceptors (Lipinski definition) is 4. The number of benzene rings is 1. The van der Waals surface area contributed by atoms with Crippen LogP contribution in [0.25, 0.3) is 11.0 Å². The van der Waals surface area contributed by atoms with Crippen molar-refractivity contribution in [3.63, 3.8) is 0 Å². The number of hydrogen-bond donors (Lipinski definition) is 1. The molecule has 5 rings (SSSR count). The van der Waals surface area contributed by atoms with Crippen LogP contribution in [0.3, 0.4) is 0 Å². The number of alkyl halides is 3. The van der Waals surface area contributed by atoms with Crippen LogP contribution >= 0.6 is 0 Å². The molecule has 3 aromatic rings. The molecule has 1 aliphatic heterocycles. The largest absolute Gasteiger partial charge is 0.307 e. The lowest BCUT2D eigenvalue weighted by Crippen LogP contribution is -2.27. The highest BCUT2D eigenvalue weighted by molar-refractivity contribution is 5.73. The Kier molecular flexibility index (Phi) is 5.19. The van der Waals surface area contributed by atoms with E-state index in [0.29, 0.717) is 12.0 Å². The van der Waals surface area contributed by atoms with E-state index in [1.54, 1.807) is 24.5 Å². The second-order valence-corrected chi connectivity index (χ2v) is 8.37. The van der Waals surface area contributed by atoms with Gasteiger partial charge in [-0.05, 0) is 30.4 Å². The average molecular weight is 441 g/mol. The van der Waals surface area contributed by atoms with Crippen molar-refractivity contribution in [2.75, 3.05) is 0 Å². The molecule has 3 heterocycles. The molecule has 0 saturated heterocycles. The lowest BCUT2D eigenvalue weighted by molar-refractivity contribution is -0.0446. The summed E-state index contributed by atoms with van der Waals surface area (Å²) >= 11 is 0. The van der Waals surface area contributed by atoms with Gasteiger partial charge in [-0.25, -0.2) is 22.8 Å². The van der Waals surface area contributed by atoms with E-state index in [-0.39, 0.29) is 54.5 Å². The van der Waals surface area contributed by atoms with Crippen molar-refractivity contribution in [2.45, 2.75) is 56.2 Å². The third kappa shape index (κ3) is 3.76. The molecular formula is C23H22F3N5O. The molecule has 9 heteroatoms. The molecular weight excluding hydrogens is 419 g/mol. The van der Waals surface area contributed by atoms with Gasteiger partial charge in [-0.3, -0.25) is 9.79 Å². The van der Waals surface area contributed by atoms with Crippen LogP contribution in [0, 0.1) is 0 Å². The highest BCUT2D eigenvalue weighted by atomic mass is 19.3. The summed E-state index contributed by atoms with van der Waals surface area (Å²) in [6.07, 6.45) is 5.72. The Bertz CT molecular complexity index is 1250. The van der Waals surface area contributed by atoms with E-state index in [0.717, 1.165) is 5.56 Å². The smallest absolute Gasteiger partial charge is 0.262 e. The van der Waals surface area contributed by atoms with Crippen molar-refractivity contribution >= 4 is 17.2 Å². The van der Waals surface area contributed by atoms with Crippen molar-refractivity contribution in [3.05, 3.63) is 70.0 Å². The molecule has 2 atom stereocenters. The highest BCUT2D eigenvalue weighted by Gasteiger charge is 2.36. The summed E-state index contributed by atoms with van der Waals surface area (Å²) in [6.45, 7) is 0. The summed E-state index contributed by atoms with van der Waals surface area (Å²) in [5.74, 6) is -2.82. The maximum atomic E-state index is 15.8. The number of nitrogens with zero attached hydrogens (tertiary/aromatic N) is 4. The zero-order chi connectivity index (χ0) is 22.3. The second-order valence-electron chi connectivity index (χ2n) is 8.37. The fraction of sp³-hybridized carbons (Fsp3) is 0.391. The Morgan fingerprint density at radius 1 is 1.19 bits per heavy atom. The number of halogens is 3. The standard InChI is InChI=1S/C23H22F3N5O/c24-19(17-4-2-1-3-16(17)14-7-11-27-12-8-14)20-29-21-18(22(32)30-20)13-28-31(21)15-5-9-23(25,26)10-6-15/h1-4,7,11-15,19H,5-6,8-10H2,(H,29,30,32). The number of fused-ring (bicyclic) bond motifs is 1. The summed E-state index contributed by atoms with van der Waals surface area (Å²) in [7, 11) is 0. The molecule has 166 valence electrons. The Balaban J connectivity index is 1.52. The van der Waals surface area contributed by atoms with E-state index in [1.165, 1.54) is 10.9 Å². The second kappa shape index (κ2) is 8.03. The number of H-pyrrole nitrogens is 1. The summed E-state index contributed by atoms with van der Waals surface area (Å²) in [6, 6.07) is 6.84. The molecule has 1 saturated carbocycles. The van der Waals surface area contributed by atoms with Crippen molar-refractivity contribution in [1.82, 2.24) is 19.7 Å². The Morgan fingerprint density at radius 3 is 2.72 bits per heavy atom. The fourth-order valence-corrected chi connectivity index (χ4v) is 4.53. The number of rotatable bonds is 4. The van der Waals surface area contributed by atoms with Gasteiger partial charge in [0.1, 0.15) is 5.39 Å². The van der Waals surface area contributed by atoms with Crippen LogP contribution in [-0.2, 0) is 0 Å². The SMILES string of the molecule is O=c1[nH]c(C(F)c2ccccc2C2C=CN=CC2)nc2c1cnn2C1CCC(F)(F)CC1. The van der Waals surface area contributed by atoms with Crippen molar-refractivity contribution < 1.29 is 13.2 Å². The van der Waals surface area contributed by atoms with Gasteiger partial charge in [0.15, 0.2) is 17.6 Å². The van der Waals surface area contributed by atoms with E-state index >= 15 is 4.39 Å². The van der Waals surface area contributed by atoms with E-state index in [1.807, 2.05) is 18.2 Å². The van der Waals surface area contributed by atoms with Gasteiger partial charge < -0.3 is 4.98 Å². The first kappa shape index (κ1) is 20.7. The normalized spacial score (nSPS) is 21.8. The van der Waals surface area contributed by atoms with Crippen LogP contribution in [0.15, 0.2) is 52.5 Å². The van der Waals surface area contributed by atoms with Gasteiger partial charge in [-0.2, -0.15) is 5.10 Å². The number of aromatic amines is 1. The van der Waals surface area contributed by atoms with E-state index in [9.17, 15) is 13.6 Å². The zero-order valence-corrected chi connectivity index (χ0v) is 17.2. The number of allylic oxidation sites excluding steroid dienone is 1. The third-order valence-corrected chi connectivity index (χ3v) is 6.29. The monoisotopic (exact) mass is 441 g/mol. The first-order chi connectivity index (χ1) is 15.4. The molecule has 2 aromatic heterocycles. The van der Waals surface area contributed by atoms with Gasteiger partial charge in [0, 0.05) is 31.2 Å². The molecule has 1 aromatic carbocycles. The first-order valence-electron chi connectivity index (χ1n) is 10.7. The molecule has 0 spiro atoms. The van der Waals surface area contributed by atoms with Crippen LogP contribution < -0.4 is 5.56 Å². The van der Waals surface area contributed by atoms with Crippen LogP contribution in [0.1, 0.15) is 67.2 Å². The lowest BCUT2D eigenvalue weighted by Gasteiger charge is -2.28. The van der Waals surface area contributed by atoms with Crippen LogP contribution in [0.4, 0.5) is 13.2 Å². The molecule has 0 radical (unpaired) electrons. The average Bonchev–Trinajstić information content (AvgIpc) is 3.24. The van der Waals surface area contributed by atoms with Gasteiger partial charge >= 0.3 is 0 Å². The molecule has 0 amide bonds. The van der Waals surface area contributed by atoms with E-state index in [2.05, 4.69) is 20.1 Å². The van der Waals surface area contributed by atoms with E-state index < -0.39 is 17.7 Å². The summed E-state index contributed by atoms with van der Waals surface area (Å²) in [5.41, 5.74) is 0.947. The molecule has 1 N–H and O–H groups in total. The van der Waals surface area contributed by atoms with Crippen LogP contribution in [-0.4, -0.2) is 31.9 Å². The molecule has 2 aliphatic rings. The Hall–Kier alpha value is -3.23. The molecule has 1 fully saturated rings. The number of aromatic nitrogens is 4. The van der Waals surface area contributed by atoms with E-state index in [4.69, 9.17) is 0 Å². The minimum absolute atomic E-state index is 0.0214. The third-order valence-electron chi connectivity index (χ3n) is 6.29. The maximum absolute atomic E-state index is 15.8.